The van der Waals surface area contributed by atoms with Gasteiger partial charge in [-0.25, -0.2) is 4.39 Å². The van der Waals surface area contributed by atoms with Crippen LogP contribution in [-0.2, 0) is 6.18 Å². The van der Waals surface area contributed by atoms with Crippen LogP contribution in [0.25, 0.3) is 0 Å². The molecule has 0 aliphatic carbocycles. The van der Waals surface area contributed by atoms with Crippen LogP contribution in [0.5, 0.6) is 0 Å². The van der Waals surface area contributed by atoms with Crippen molar-refractivity contribution in [2.24, 2.45) is 0 Å². The number of hydrogen-bond acceptors (Lipinski definition) is 2. The van der Waals surface area contributed by atoms with Crippen molar-refractivity contribution in [3.63, 3.8) is 0 Å². The molecule has 0 radical (unpaired) electrons. The number of fused-ring (bicyclic) bond motifs is 2. The number of halogens is 4. The number of hydrogen-bond donors (Lipinski definition) is 0. The monoisotopic (exact) mass is 389 g/mol. The van der Waals surface area contributed by atoms with E-state index >= 15 is 0 Å². The molecule has 1 heterocycles. The quantitative estimate of drug-likeness (QED) is 0.456. The van der Waals surface area contributed by atoms with Crippen LogP contribution in [-0.4, -0.2) is 5.91 Å². The number of para-hydroxylation sites is 1. The van der Waals surface area contributed by atoms with Gasteiger partial charge < -0.3 is 0 Å². The van der Waals surface area contributed by atoms with Gasteiger partial charge in [-0.05, 0) is 54.6 Å². The number of alkyl halides is 3. The van der Waals surface area contributed by atoms with E-state index in [0.717, 1.165) is 29.2 Å². The molecular weight excluding hydrogens is 378 g/mol. The Hall–Kier alpha value is -2.80. The van der Waals surface area contributed by atoms with E-state index in [2.05, 4.69) is 0 Å². The Labute approximate surface area is 156 Å². The minimum absolute atomic E-state index is 0.155. The van der Waals surface area contributed by atoms with Crippen LogP contribution in [0.2, 0.25) is 0 Å². The summed E-state index contributed by atoms with van der Waals surface area (Å²) in [6, 6.07) is 15.2. The topological polar surface area (TPSA) is 20.3 Å². The van der Waals surface area contributed by atoms with Crippen molar-refractivity contribution in [2.45, 2.75) is 16.0 Å². The molecule has 3 aromatic carbocycles. The van der Waals surface area contributed by atoms with Crippen molar-refractivity contribution in [1.82, 2.24) is 0 Å². The van der Waals surface area contributed by atoms with Gasteiger partial charge >= 0.3 is 6.18 Å². The molecule has 136 valence electrons. The molecule has 4 rings (SSSR count). The highest BCUT2D eigenvalue weighted by Gasteiger charge is 2.35. The molecule has 0 unspecified atom stereocenters. The molecule has 3 aromatic rings. The number of benzene rings is 3. The third-order valence-electron chi connectivity index (χ3n) is 4.15. The number of anilines is 2. The highest BCUT2D eigenvalue weighted by molar-refractivity contribution is 7.99. The van der Waals surface area contributed by atoms with Gasteiger partial charge in [0.05, 0.1) is 16.9 Å². The van der Waals surface area contributed by atoms with Crippen LogP contribution in [0.3, 0.4) is 0 Å². The lowest BCUT2D eigenvalue weighted by Gasteiger charge is -2.31. The minimum Gasteiger partial charge on any atom is -0.275 e. The van der Waals surface area contributed by atoms with E-state index in [1.54, 1.807) is 24.3 Å². The third-order valence-corrected chi connectivity index (χ3v) is 5.28. The van der Waals surface area contributed by atoms with Crippen molar-refractivity contribution in [3.05, 3.63) is 83.7 Å². The fraction of sp³-hybridized carbons (Fsp3) is 0.0500. The van der Waals surface area contributed by atoms with Gasteiger partial charge in [0.1, 0.15) is 5.82 Å². The minimum atomic E-state index is -4.53. The van der Waals surface area contributed by atoms with E-state index in [0.29, 0.717) is 10.6 Å². The first kappa shape index (κ1) is 17.6. The number of amides is 1. The number of rotatable bonds is 1. The fourth-order valence-corrected chi connectivity index (χ4v) is 3.91. The van der Waals surface area contributed by atoms with Crippen LogP contribution in [0, 0.1) is 5.82 Å². The maximum atomic E-state index is 13.2. The van der Waals surface area contributed by atoms with E-state index in [1.165, 1.54) is 34.9 Å². The Morgan fingerprint density at radius 3 is 2.22 bits per heavy atom. The molecule has 0 saturated heterocycles. The largest absolute Gasteiger partial charge is 0.416 e. The summed E-state index contributed by atoms with van der Waals surface area (Å²) in [5.41, 5.74) is -0.00824. The highest BCUT2D eigenvalue weighted by Crippen LogP contribution is 2.49. The number of carbonyl (C=O) groups is 1. The third kappa shape index (κ3) is 3.19. The molecule has 2 nitrogen and oxygen atoms in total. The first-order valence-corrected chi connectivity index (χ1v) is 8.74. The predicted molar refractivity (Wildman–Crippen MR) is 94.9 cm³/mol. The summed E-state index contributed by atoms with van der Waals surface area (Å²) in [4.78, 5) is 15.7. The van der Waals surface area contributed by atoms with E-state index in [4.69, 9.17) is 0 Å². The molecule has 0 aromatic heterocycles. The summed E-state index contributed by atoms with van der Waals surface area (Å²) in [5.74, 6) is -1.02. The van der Waals surface area contributed by atoms with E-state index in [9.17, 15) is 22.4 Å². The first-order chi connectivity index (χ1) is 12.8. The number of carbonyl (C=O) groups excluding carboxylic acids is 1. The second kappa shape index (κ2) is 6.42. The van der Waals surface area contributed by atoms with Crippen LogP contribution < -0.4 is 4.90 Å². The van der Waals surface area contributed by atoms with Crippen LogP contribution in [0.4, 0.5) is 28.9 Å². The number of nitrogens with zero attached hydrogens (tertiary/aromatic N) is 1. The molecular formula is C20H11F4NOS. The molecule has 1 amide bonds. The fourth-order valence-electron chi connectivity index (χ4n) is 2.87. The standard InChI is InChI=1S/C20H11F4NOS/c21-14-8-5-12(6-9-14)19(26)25-15-3-1-2-4-17(15)27-18-10-7-13(11-16(18)25)20(22,23)24/h1-11H. The van der Waals surface area contributed by atoms with Gasteiger partial charge in [0.2, 0.25) is 0 Å². The lowest BCUT2D eigenvalue weighted by Crippen LogP contribution is -2.28. The second-order valence-electron chi connectivity index (χ2n) is 5.90. The van der Waals surface area contributed by atoms with Crippen molar-refractivity contribution >= 4 is 29.0 Å². The zero-order chi connectivity index (χ0) is 19.2. The Morgan fingerprint density at radius 1 is 0.852 bits per heavy atom. The molecule has 0 saturated carbocycles. The molecule has 0 bridgehead atoms. The van der Waals surface area contributed by atoms with Gasteiger partial charge in [0.25, 0.3) is 5.91 Å². The summed E-state index contributed by atoms with van der Waals surface area (Å²) >= 11 is 1.30. The van der Waals surface area contributed by atoms with Crippen molar-refractivity contribution < 1.29 is 22.4 Å². The molecule has 1 aliphatic heterocycles. The zero-order valence-corrected chi connectivity index (χ0v) is 14.4. The molecule has 0 spiro atoms. The van der Waals surface area contributed by atoms with Gasteiger partial charge in [-0.15, -0.1) is 0 Å². The second-order valence-corrected chi connectivity index (χ2v) is 6.98. The summed E-state index contributed by atoms with van der Waals surface area (Å²) in [5, 5.41) is 0. The van der Waals surface area contributed by atoms with Gasteiger partial charge in [-0.1, -0.05) is 23.9 Å². The Bertz CT molecular complexity index is 1030. The van der Waals surface area contributed by atoms with Crippen molar-refractivity contribution in [3.8, 4) is 0 Å². The molecule has 7 heteroatoms. The SMILES string of the molecule is O=C(c1ccc(F)cc1)N1c2ccccc2Sc2ccc(C(F)(F)F)cc21. The van der Waals surface area contributed by atoms with E-state index in [-0.39, 0.29) is 11.3 Å². The van der Waals surface area contributed by atoms with Gasteiger partial charge in [0.15, 0.2) is 0 Å². The van der Waals surface area contributed by atoms with Gasteiger partial charge in [-0.2, -0.15) is 13.2 Å². The normalized spacial score (nSPS) is 13.1. The van der Waals surface area contributed by atoms with Crippen molar-refractivity contribution in [1.29, 1.82) is 0 Å². The van der Waals surface area contributed by atoms with Crippen molar-refractivity contribution in [2.75, 3.05) is 4.90 Å². The maximum Gasteiger partial charge on any atom is 0.416 e. The smallest absolute Gasteiger partial charge is 0.275 e. The van der Waals surface area contributed by atoms with Crippen LogP contribution in [0.1, 0.15) is 15.9 Å². The first-order valence-electron chi connectivity index (χ1n) is 7.93. The highest BCUT2D eigenvalue weighted by atomic mass is 32.2. The lowest BCUT2D eigenvalue weighted by atomic mass is 10.1. The summed E-state index contributed by atoms with van der Waals surface area (Å²) in [7, 11) is 0. The molecule has 0 atom stereocenters. The maximum absolute atomic E-state index is 13.2. The summed E-state index contributed by atoms with van der Waals surface area (Å²) in [6.45, 7) is 0. The van der Waals surface area contributed by atoms with Crippen LogP contribution in [0.15, 0.2) is 76.5 Å². The lowest BCUT2D eigenvalue weighted by molar-refractivity contribution is -0.137. The average Bonchev–Trinajstić information content (AvgIpc) is 2.65. The average molecular weight is 389 g/mol. The van der Waals surface area contributed by atoms with Gasteiger partial charge in [0, 0.05) is 15.4 Å². The summed E-state index contributed by atoms with van der Waals surface area (Å²) in [6.07, 6.45) is -4.53. The Balaban J connectivity index is 1.89. The summed E-state index contributed by atoms with van der Waals surface area (Å²) < 4.78 is 52.8. The molecule has 0 N–H and O–H groups in total. The molecule has 0 fully saturated rings. The Kier molecular flexibility index (Phi) is 4.19. The molecule has 27 heavy (non-hydrogen) atoms. The zero-order valence-electron chi connectivity index (χ0n) is 13.6. The van der Waals surface area contributed by atoms with Gasteiger partial charge in [-0.3, -0.25) is 9.69 Å². The Morgan fingerprint density at radius 2 is 1.52 bits per heavy atom. The van der Waals surface area contributed by atoms with Crippen LogP contribution >= 0.6 is 11.8 Å². The van der Waals surface area contributed by atoms with E-state index < -0.39 is 23.5 Å². The predicted octanol–water partition coefficient (Wildman–Crippen LogP) is 6.29. The molecule has 1 aliphatic rings. The van der Waals surface area contributed by atoms with E-state index in [1.807, 2.05) is 0 Å².